The van der Waals surface area contributed by atoms with E-state index in [-0.39, 0.29) is 0 Å². The van der Waals surface area contributed by atoms with Crippen LogP contribution in [0.2, 0.25) is 10.0 Å². The fourth-order valence-electron chi connectivity index (χ4n) is 4.71. The molecule has 3 aromatic rings. The van der Waals surface area contributed by atoms with Crippen LogP contribution in [0.25, 0.3) is 5.65 Å². The topological polar surface area (TPSA) is 72.3 Å². The molecule has 6 nitrogen and oxygen atoms in total. The summed E-state index contributed by atoms with van der Waals surface area (Å²) in [7, 11) is 0. The molecule has 0 radical (unpaired) electrons. The molecule has 2 fully saturated rings. The molecule has 0 amide bonds. The number of rotatable bonds is 3. The molecule has 0 unspecified atom stereocenters. The lowest BCUT2D eigenvalue weighted by molar-refractivity contribution is 0.197. The molecule has 0 bridgehead atoms. The number of nitrogens with zero attached hydrogens (tertiary/aromatic N) is 5. The highest BCUT2D eigenvalue weighted by Crippen LogP contribution is 2.46. The molecule has 1 aliphatic carbocycles. The second-order valence-electron chi connectivity index (χ2n) is 7.95. The van der Waals surface area contributed by atoms with Crippen molar-refractivity contribution in [3.63, 3.8) is 0 Å². The molecule has 1 atom stereocenters. The van der Waals surface area contributed by atoms with Crippen LogP contribution in [0.5, 0.6) is 0 Å². The van der Waals surface area contributed by atoms with Crippen LogP contribution in [0.4, 0.5) is 5.95 Å². The summed E-state index contributed by atoms with van der Waals surface area (Å²) >= 11 is 14.0. The molecule has 2 aromatic heterocycles. The lowest BCUT2D eigenvalue weighted by Crippen LogP contribution is -2.47. The van der Waals surface area contributed by atoms with E-state index in [0.29, 0.717) is 21.5 Å². The monoisotopic (exact) mass is 448 g/mol. The van der Waals surface area contributed by atoms with Crippen molar-refractivity contribution in [3.05, 3.63) is 40.8 Å². The Hall–Kier alpha value is -1.54. The Morgan fingerprint density at radius 2 is 1.97 bits per heavy atom. The Morgan fingerprint density at radius 1 is 1.14 bits per heavy atom. The van der Waals surface area contributed by atoms with E-state index in [2.05, 4.69) is 15.1 Å². The Kier molecular flexibility index (Phi) is 5.10. The van der Waals surface area contributed by atoms with E-state index in [4.69, 9.17) is 33.9 Å². The van der Waals surface area contributed by atoms with Crippen LogP contribution in [0.1, 0.15) is 32.1 Å². The van der Waals surface area contributed by atoms with Crippen LogP contribution in [0.3, 0.4) is 0 Å². The molecular weight excluding hydrogens is 427 g/mol. The predicted octanol–water partition coefficient (Wildman–Crippen LogP) is 4.68. The van der Waals surface area contributed by atoms with Crippen molar-refractivity contribution in [3.8, 4) is 0 Å². The average Bonchev–Trinajstić information content (AvgIpc) is 3.35. The highest BCUT2D eigenvalue weighted by atomic mass is 35.5. The summed E-state index contributed by atoms with van der Waals surface area (Å²) < 4.78 is 1.97. The maximum atomic E-state index is 6.44. The summed E-state index contributed by atoms with van der Waals surface area (Å²) in [5.74, 6) is 0.882. The first-order valence-electron chi connectivity index (χ1n) is 9.88. The van der Waals surface area contributed by atoms with Crippen LogP contribution in [0, 0.1) is 5.41 Å². The summed E-state index contributed by atoms with van der Waals surface area (Å²) in [6.07, 6.45) is 9.49. The maximum absolute atomic E-state index is 6.44. The predicted molar refractivity (Wildman–Crippen MR) is 117 cm³/mol. The Bertz CT molecular complexity index is 1050. The van der Waals surface area contributed by atoms with E-state index in [9.17, 15) is 0 Å². The Labute approximate surface area is 183 Å². The quantitative estimate of drug-likeness (QED) is 0.626. The van der Waals surface area contributed by atoms with Gasteiger partial charge in [0.1, 0.15) is 6.33 Å². The minimum Gasteiger partial charge on any atom is -0.342 e. The van der Waals surface area contributed by atoms with Crippen molar-refractivity contribution in [2.75, 3.05) is 18.0 Å². The SMILES string of the molecule is N[C@H]1CCCC12CCN(c1ncc(Sc3cccc(Cl)c3Cl)c3nncn13)CC2. The van der Waals surface area contributed by atoms with Gasteiger partial charge in [-0.05, 0) is 43.2 Å². The lowest BCUT2D eigenvalue weighted by atomic mass is 9.74. The van der Waals surface area contributed by atoms with Crippen molar-refractivity contribution >= 4 is 46.6 Å². The minimum atomic E-state index is 0.321. The molecule has 5 rings (SSSR count). The van der Waals surface area contributed by atoms with Gasteiger partial charge in [-0.1, -0.05) is 47.5 Å². The molecule has 9 heteroatoms. The summed E-state index contributed by atoms with van der Waals surface area (Å²) in [5.41, 5.74) is 7.53. The first kappa shape index (κ1) is 19.4. The van der Waals surface area contributed by atoms with Crippen LogP contribution >= 0.6 is 35.0 Å². The minimum absolute atomic E-state index is 0.321. The van der Waals surface area contributed by atoms with Gasteiger partial charge in [0, 0.05) is 30.2 Å². The van der Waals surface area contributed by atoms with Gasteiger partial charge < -0.3 is 10.6 Å². The molecule has 1 aliphatic heterocycles. The number of benzene rings is 1. The summed E-state index contributed by atoms with van der Waals surface area (Å²) in [4.78, 5) is 8.85. The highest BCUT2D eigenvalue weighted by molar-refractivity contribution is 7.99. The first-order valence-corrected chi connectivity index (χ1v) is 11.5. The average molecular weight is 449 g/mol. The molecular formula is C20H22Cl2N6S. The van der Waals surface area contributed by atoms with E-state index < -0.39 is 0 Å². The smallest absolute Gasteiger partial charge is 0.212 e. The van der Waals surface area contributed by atoms with Gasteiger partial charge >= 0.3 is 0 Å². The molecule has 152 valence electrons. The largest absolute Gasteiger partial charge is 0.342 e. The van der Waals surface area contributed by atoms with E-state index in [1.807, 2.05) is 22.7 Å². The number of nitrogens with two attached hydrogens (primary N) is 1. The van der Waals surface area contributed by atoms with Gasteiger partial charge in [-0.25, -0.2) is 9.38 Å². The summed E-state index contributed by atoms with van der Waals surface area (Å²) in [6.45, 7) is 1.92. The Balaban J connectivity index is 1.42. The van der Waals surface area contributed by atoms with E-state index in [0.717, 1.165) is 53.7 Å². The zero-order valence-electron chi connectivity index (χ0n) is 15.9. The zero-order valence-corrected chi connectivity index (χ0v) is 18.2. The second-order valence-corrected chi connectivity index (χ2v) is 9.82. The van der Waals surface area contributed by atoms with Crippen LogP contribution in [-0.2, 0) is 0 Å². The first-order chi connectivity index (χ1) is 14.1. The number of aromatic nitrogens is 4. The molecule has 2 aliphatic rings. The third kappa shape index (κ3) is 3.38. The summed E-state index contributed by atoms with van der Waals surface area (Å²) in [5, 5.41) is 9.54. The van der Waals surface area contributed by atoms with Crippen molar-refractivity contribution < 1.29 is 0 Å². The van der Waals surface area contributed by atoms with Gasteiger partial charge in [-0.2, -0.15) is 0 Å². The van der Waals surface area contributed by atoms with Crippen molar-refractivity contribution in [1.82, 2.24) is 19.6 Å². The van der Waals surface area contributed by atoms with Crippen molar-refractivity contribution in [2.45, 2.75) is 47.9 Å². The van der Waals surface area contributed by atoms with Crippen molar-refractivity contribution in [2.24, 2.45) is 11.1 Å². The molecule has 1 aromatic carbocycles. The third-order valence-corrected chi connectivity index (χ3v) is 8.43. The van der Waals surface area contributed by atoms with Gasteiger partial charge in [-0.3, -0.25) is 0 Å². The van der Waals surface area contributed by atoms with E-state index >= 15 is 0 Å². The van der Waals surface area contributed by atoms with Gasteiger partial charge in [0.2, 0.25) is 5.95 Å². The fourth-order valence-corrected chi connectivity index (χ4v) is 6.10. The van der Waals surface area contributed by atoms with E-state index in [1.165, 1.54) is 24.6 Å². The molecule has 3 heterocycles. The number of fused-ring (bicyclic) bond motifs is 1. The van der Waals surface area contributed by atoms with Crippen molar-refractivity contribution in [1.29, 1.82) is 0 Å². The normalized spacial score (nSPS) is 21.3. The number of anilines is 1. The number of hydrogen-bond donors (Lipinski definition) is 1. The Morgan fingerprint density at radius 3 is 2.72 bits per heavy atom. The second kappa shape index (κ2) is 7.61. The molecule has 1 saturated heterocycles. The van der Waals surface area contributed by atoms with Crippen LogP contribution in [-0.4, -0.2) is 38.7 Å². The van der Waals surface area contributed by atoms with Gasteiger partial charge in [0.15, 0.2) is 5.65 Å². The molecule has 2 N–H and O–H groups in total. The number of hydrogen-bond acceptors (Lipinski definition) is 6. The van der Waals surface area contributed by atoms with Gasteiger partial charge in [0.25, 0.3) is 0 Å². The van der Waals surface area contributed by atoms with Gasteiger partial charge in [-0.15, -0.1) is 10.2 Å². The zero-order chi connectivity index (χ0) is 20.0. The summed E-state index contributed by atoms with van der Waals surface area (Å²) in [6, 6.07) is 5.95. The standard InChI is InChI=1S/C20H22Cl2N6S/c21-13-3-1-4-14(17(13)22)29-15-11-24-19(28-12-25-26-18(15)28)27-9-7-20(8-10-27)6-2-5-16(20)23/h1,3-4,11-12,16H,2,5-10,23H2/t16-/m0/s1. The molecule has 1 spiro atoms. The molecule has 29 heavy (non-hydrogen) atoms. The van der Waals surface area contributed by atoms with Crippen LogP contribution < -0.4 is 10.6 Å². The lowest BCUT2D eigenvalue weighted by Gasteiger charge is -2.42. The van der Waals surface area contributed by atoms with E-state index in [1.54, 1.807) is 12.4 Å². The van der Waals surface area contributed by atoms with Crippen LogP contribution in [0.15, 0.2) is 40.5 Å². The number of piperidine rings is 1. The number of halogens is 2. The third-order valence-electron chi connectivity index (χ3n) is 6.44. The fraction of sp³-hybridized carbons (Fsp3) is 0.450. The molecule has 1 saturated carbocycles. The maximum Gasteiger partial charge on any atom is 0.212 e. The van der Waals surface area contributed by atoms with Gasteiger partial charge in [0.05, 0.1) is 14.9 Å². The highest BCUT2D eigenvalue weighted by Gasteiger charge is 2.43.